The summed E-state index contributed by atoms with van der Waals surface area (Å²) in [5.41, 5.74) is 0.0136. The lowest BCUT2D eigenvalue weighted by molar-refractivity contribution is -0.138. The minimum Gasteiger partial charge on any atom is -0.384 e. The zero-order chi connectivity index (χ0) is 16.5. The highest BCUT2D eigenvalue weighted by molar-refractivity contribution is 8.01. The third-order valence-corrected chi connectivity index (χ3v) is 7.00. The predicted octanol–water partition coefficient (Wildman–Crippen LogP) is 0.995. The molecule has 3 aliphatic rings. The average molecular weight is 378 g/mol. The summed E-state index contributed by atoms with van der Waals surface area (Å²) in [6, 6.07) is -0.318. The number of halogens is 1. The third-order valence-electron chi connectivity index (χ3n) is 5.50. The molecule has 0 radical (unpaired) electrons. The molecule has 3 saturated heterocycles. The van der Waals surface area contributed by atoms with Crippen LogP contribution in [0.25, 0.3) is 0 Å². The Kier molecular flexibility index (Phi) is 6.45. The number of amides is 2. The van der Waals surface area contributed by atoms with Gasteiger partial charge >= 0.3 is 0 Å². The van der Waals surface area contributed by atoms with E-state index in [4.69, 9.17) is 4.74 Å². The summed E-state index contributed by atoms with van der Waals surface area (Å²) in [5.74, 6) is 0.809. The Hall–Kier alpha value is -0.500. The SMILES string of the molecule is COCC1(CNC(=O)C2CSC3(C)CCC(=O)N23)CCNCC1.Cl. The van der Waals surface area contributed by atoms with Gasteiger partial charge < -0.3 is 20.3 Å². The largest absolute Gasteiger partial charge is 0.384 e. The van der Waals surface area contributed by atoms with Gasteiger partial charge in [0.25, 0.3) is 0 Å². The summed E-state index contributed by atoms with van der Waals surface area (Å²) < 4.78 is 5.40. The number of ether oxygens (including phenoxy) is 1. The summed E-state index contributed by atoms with van der Waals surface area (Å²) in [7, 11) is 1.72. The molecule has 2 amide bonds. The van der Waals surface area contributed by atoms with Crippen LogP contribution in [-0.2, 0) is 14.3 Å². The van der Waals surface area contributed by atoms with Gasteiger partial charge in [-0.05, 0) is 39.3 Å². The summed E-state index contributed by atoms with van der Waals surface area (Å²) in [4.78, 5) is 26.5. The van der Waals surface area contributed by atoms with Gasteiger partial charge in [0, 0.05) is 31.2 Å². The van der Waals surface area contributed by atoms with Gasteiger partial charge in [0.1, 0.15) is 6.04 Å². The molecule has 0 bridgehead atoms. The molecule has 0 aromatic carbocycles. The highest BCUT2D eigenvalue weighted by atomic mass is 35.5. The molecule has 3 rings (SSSR count). The Morgan fingerprint density at radius 1 is 1.42 bits per heavy atom. The molecule has 2 N–H and O–H groups in total. The lowest BCUT2D eigenvalue weighted by atomic mass is 9.79. The molecular weight excluding hydrogens is 350 g/mol. The maximum absolute atomic E-state index is 12.7. The Morgan fingerprint density at radius 2 is 2.12 bits per heavy atom. The summed E-state index contributed by atoms with van der Waals surface area (Å²) in [6.07, 6.45) is 3.41. The first-order valence-electron chi connectivity index (χ1n) is 8.43. The number of carbonyl (C=O) groups excluding carboxylic acids is 2. The van der Waals surface area contributed by atoms with Crippen molar-refractivity contribution in [2.45, 2.75) is 43.5 Å². The predicted molar refractivity (Wildman–Crippen MR) is 97.4 cm³/mol. The first-order valence-corrected chi connectivity index (χ1v) is 9.42. The van der Waals surface area contributed by atoms with E-state index in [9.17, 15) is 9.59 Å². The Balaban J connectivity index is 0.00000208. The van der Waals surface area contributed by atoms with Crippen LogP contribution >= 0.6 is 24.2 Å². The summed E-state index contributed by atoms with van der Waals surface area (Å²) in [6.45, 7) is 5.29. The normalized spacial score (nSPS) is 31.5. The standard InChI is InChI=1S/C16H27N3O3S.ClH/c1-15-4-3-13(20)19(15)12(9-23-15)14(21)18-10-16(11-22-2)5-7-17-8-6-16;/h12,17H,3-11H2,1-2H3,(H,18,21);1H. The monoisotopic (exact) mass is 377 g/mol. The van der Waals surface area contributed by atoms with Crippen LogP contribution in [0.1, 0.15) is 32.6 Å². The van der Waals surface area contributed by atoms with Gasteiger partial charge in [-0.1, -0.05) is 0 Å². The number of rotatable bonds is 5. The first-order chi connectivity index (χ1) is 11.0. The second-order valence-corrected chi connectivity index (χ2v) is 8.67. The fraction of sp³-hybridized carbons (Fsp3) is 0.875. The molecule has 0 aliphatic carbocycles. The van der Waals surface area contributed by atoms with Gasteiger partial charge in [-0.3, -0.25) is 9.59 Å². The molecule has 0 spiro atoms. The molecule has 0 aromatic heterocycles. The van der Waals surface area contributed by atoms with E-state index < -0.39 is 0 Å². The molecule has 3 fully saturated rings. The smallest absolute Gasteiger partial charge is 0.243 e. The average Bonchev–Trinajstić information content (AvgIpc) is 3.03. The highest BCUT2D eigenvalue weighted by Crippen LogP contribution is 2.47. The molecule has 8 heteroatoms. The number of nitrogens with zero attached hydrogens (tertiary/aromatic N) is 1. The van der Waals surface area contributed by atoms with E-state index in [1.54, 1.807) is 18.9 Å². The second kappa shape index (κ2) is 7.81. The third kappa shape index (κ3) is 3.69. The number of hydrogen-bond acceptors (Lipinski definition) is 5. The van der Waals surface area contributed by atoms with Gasteiger partial charge in [-0.15, -0.1) is 24.2 Å². The first kappa shape index (κ1) is 19.8. The summed E-state index contributed by atoms with van der Waals surface area (Å²) in [5, 5.41) is 6.47. The molecule has 0 aromatic rings. The number of piperidine rings is 1. The van der Waals surface area contributed by atoms with Crippen molar-refractivity contribution in [3.05, 3.63) is 0 Å². The minimum absolute atomic E-state index is 0. The second-order valence-electron chi connectivity index (χ2n) is 7.17. The minimum atomic E-state index is -0.318. The van der Waals surface area contributed by atoms with E-state index in [0.29, 0.717) is 25.3 Å². The number of fused-ring (bicyclic) bond motifs is 1. The number of carbonyl (C=O) groups is 2. The van der Waals surface area contributed by atoms with Crippen molar-refractivity contribution < 1.29 is 14.3 Å². The molecule has 3 aliphatic heterocycles. The molecule has 0 saturated carbocycles. The van der Waals surface area contributed by atoms with E-state index in [2.05, 4.69) is 17.6 Å². The lowest BCUT2D eigenvalue weighted by Gasteiger charge is -2.38. The molecule has 2 atom stereocenters. The topological polar surface area (TPSA) is 70.7 Å². The van der Waals surface area contributed by atoms with Crippen LogP contribution in [0.4, 0.5) is 0 Å². The molecular formula is C16H28ClN3O3S. The number of nitrogens with one attached hydrogen (secondary N) is 2. The van der Waals surface area contributed by atoms with Crippen LogP contribution in [-0.4, -0.2) is 66.7 Å². The quantitative estimate of drug-likeness (QED) is 0.747. The van der Waals surface area contributed by atoms with Crippen LogP contribution < -0.4 is 10.6 Å². The van der Waals surface area contributed by atoms with Gasteiger partial charge in [0.2, 0.25) is 11.8 Å². The van der Waals surface area contributed by atoms with E-state index >= 15 is 0 Å². The number of methoxy groups -OCH3 is 1. The van der Waals surface area contributed by atoms with Crippen LogP contribution in [0.3, 0.4) is 0 Å². The van der Waals surface area contributed by atoms with Crippen LogP contribution in [0.15, 0.2) is 0 Å². The molecule has 24 heavy (non-hydrogen) atoms. The van der Waals surface area contributed by atoms with Gasteiger partial charge in [-0.25, -0.2) is 0 Å². The van der Waals surface area contributed by atoms with Crippen molar-refractivity contribution in [1.82, 2.24) is 15.5 Å². The van der Waals surface area contributed by atoms with Gasteiger partial charge in [0.05, 0.1) is 11.5 Å². The van der Waals surface area contributed by atoms with Gasteiger partial charge in [0.15, 0.2) is 0 Å². The Bertz CT molecular complexity index is 482. The van der Waals surface area contributed by atoms with Crippen molar-refractivity contribution in [3.8, 4) is 0 Å². The van der Waals surface area contributed by atoms with E-state index in [1.165, 1.54) is 0 Å². The highest BCUT2D eigenvalue weighted by Gasteiger charge is 2.53. The van der Waals surface area contributed by atoms with E-state index in [0.717, 1.165) is 32.4 Å². The summed E-state index contributed by atoms with van der Waals surface area (Å²) >= 11 is 1.74. The van der Waals surface area contributed by atoms with Crippen LogP contribution in [0, 0.1) is 5.41 Å². The zero-order valence-corrected chi connectivity index (χ0v) is 16.1. The fourth-order valence-electron chi connectivity index (χ4n) is 4.04. The number of thioether (sulfide) groups is 1. The van der Waals surface area contributed by atoms with Crippen molar-refractivity contribution in [2.75, 3.05) is 39.1 Å². The maximum atomic E-state index is 12.7. The van der Waals surface area contributed by atoms with Crippen LogP contribution in [0.5, 0.6) is 0 Å². The van der Waals surface area contributed by atoms with Crippen molar-refractivity contribution in [2.24, 2.45) is 5.41 Å². The molecule has 3 heterocycles. The Morgan fingerprint density at radius 3 is 2.79 bits per heavy atom. The van der Waals surface area contributed by atoms with E-state index in [-0.39, 0.29) is 40.5 Å². The molecule has 138 valence electrons. The number of hydrogen-bond donors (Lipinski definition) is 2. The van der Waals surface area contributed by atoms with Crippen molar-refractivity contribution in [3.63, 3.8) is 0 Å². The Labute approximate surface area is 154 Å². The fourth-order valence-corrected chi connectivity index (χ4v) is 5.47. The van der Waals surface area contributed by atoms with Crippen molar-refractivity contribution >= 4 is 36.0 Å². The lowest BCUT2D eigenvalue weighted by Crippen LogP contribution is -2.53. The van der Waals surface area contributed by atoms with Crippen LogP contribution in [0.2, 0.25) is 0 Å². The molecule has 2 unspecified atom stereocenters. The zero-order valence-electron chi connectivity index (χ0n) is 14.4. The van der Waals surface area contributed by atoms with E-state index in [1.807, 2.05) is 4.90 Å². The molecule has 6 nitrogen and oxygen atoms in total. The van der Waals surface area contributed by atoms with Crippen molar-refractivity contribution in [1.29, 1.82) is 0 Å². The van der Waals surface area contributed by atoms with Gasteiger partial charge in [-0.2, -0.15) is 0 Å². The maximum Gasteiger partial charge on any atom is 0.243 e.